The van der Waals surface area contributed by atoms with Crippen molar-refractivity contribution in [3.63, 3.8) is 0 Å². The van der Waals surface area contributed by atoms with Crippen molar-refractivity contribution in [2.24, 2.45) is 5.73 Å². The summed E-state index contributed by atoms with van der Waals surface area (Å²) in [5.41, 5.74) is 5.26. The van der Waals surface area contributed by atoms with Crippen LogP contribution >= 0.6 is 0 Å². The summed E-state index contributed by atoms with van der Waals surface area (Å²) in [5.74, 6) is 0.267. The second kappa shape index (κ2) is 4.74. The molecule has 2 nitrogen and oxygen atoms in total. The zero-order chi connectivity index (χ0) is 12.3. The molecule has 0 saturated carbocycles. The molecule has 0 aliphatic rings. The number of methoxy groups -OCH3 is 1. The van der Waals surface area contributed by atoms with E-state index in [1.54, 1.807) is 6.92 Å². The Bertz CT molecular complexity index is 363. The molecule has 0 fully saturated rings. The highest BCUT2D eigenvalue weighted by Crippen LogP contribution is 2.34. The van der Waals surface area contributed by atoms with Gasteiger partial charge in [-0.1, -0.05) is 6.92 Å². The number of hydrogen-bond acceptors (Lipinski definition) is 2. The molecule has 5 heteroatoms. The minimum atomic E-state index is -4.34. The van der Waals surface area contributed by atoms with Crippen LogP contribution in [-0.4, -0.2) is 13.7 Å². The quantitative estimate of drug-likeness (QED) is 0.871. The Hall–Kier alpha value is -1.23. The van der Waals surface area contributed by atoms with Crippen molar-refractivity contribution in [2.45, 2.75) is 19.0 Å². The third kappa shape index (κ3) is 2.66. The molecule has 0 saturated heterocycles. The highest BCUT2D eigenvalue weighted by Gasteiger charge is 2.31. The van der Waals surface area contributed by atoms with E-state index < -0.39 is 11.7 Å². The lowest BCUT2D eigenvalue weighted by atomic mass is 9.98. The Morgan fingerprint density at radius 1 is 1.38 bits per heavy atom. The van der Waals surface area contributed by atoms with Gasteiger partial charge in [-0.05, 0) is 36.2 Å². The molecule has 1 aromatic rings. The average Bonchev–Trinajstić information content (AvgIpc) is 2.25. The van der Waals surface area contributed by atoms with Gasteiger partial charge in [0.1, 0.15) is 5.75 Å². The number of alkyl halides is 3. The molecule has 0 aliphatic heterocycles. The number of benzene rings is 1. The summed E-state index contributed by atoms with van der Waals surface area (Å²) in [5, 5.41) is 0. The molecule has 0 aromatic heterocycles. The van der Waals surface area contributed by atoms with Gasteiger partial charge in [0.25, 0.3) is 0 Å². The number of ether oxygens (including phenoxy) is 1. The van der Waals surface area contributed by atoms with E-state index >= 15 is 0 Å². The second-order valence-corrected chi connectivity index (χ2v) is 3.59. The van der Waals surface area contributed by atoms with Crippen LogP contribution in [0.4, 0.5) is 13.2 Å². The van der Waals surface area contributed by atoms with Crippen LogP contribution in [0.25, 0.3) is 0 Å². The zero-order valence-electron chi connectivity index (χ0n) is 9.14. The monoisotopic (exact) mass is 233 g/mol. The molecule has 1 rings (SSSR count). The lowest BCUT2D eigenvalue weighted by molar-refractivity contribution is -0.137. The molecular weight excluding hydrogens is 219 g/mol. The van der Waals surface area contributed by atoms with Crippen LogP contribution in [-0.2, 0) is 6.18 Å². The summed E-state index contributed by atoms with van der Waals surface area (Å²) in [7, 11) is 1.43. The van der Waals surface area contributed by atoms with E-state index in [2.05, 4.69) is 0 Å². The number of hydrogen-bond donors (Lipinski definition) is 1. The van der Waals surface area contributed by atoms with Gasteiger partial charge in [-0.2, -0.15) is 13.2 Å². The third-order valence-electron chi connectivity index (χ3n) is 2.44. The van der Waals surface area contributed by atoms with Crippen LogP contribution in [0.1, 0.15) is 24.0 Å². The molecule has 0 aliphatic carbocycles. The van der Waals surface area contributed by atoms with Gasteiger partial charge >= 0.3 is 6.18 Å². The average molecular weight is 233 g/mol. The first-order chi connectivity index (χ1) is 7.40. The Kier molecular flexibility index (Phi) is 3.80. The topological polar surface area (TPSA) is 35.2 Å². The van der Waals surface area contributed by atoms with Gasteiger partial charge < -0.3 is 10.5 Å². The minimum Gasteiger partial charge on any atom is -0.496 e. The van der Waals surface area contributed by atoms with Crippen molar-refractivity contribution in [3.8, 4) is 5.75 Å². The predicted molar refractivity (Wildman–Crippen MR) is 55.5 cm³/mol. The van der Waals surface area contributed by atoms with Crippen molar-refractivity contribution in [3.05, 3.63) is 29.3 Å². The van der Waals surface area contributed by atoms with Crippen molar-refractivity contribution in [1.29, 1.82) is 0 Å². The molecule has 1 aromatic carbocycles. The Labute approximate surface area is 92.2 Å². The first-order valence-corrected chi connectivity index (χ1v) is 4.85. The summed E-state index contributed by atoms with van der Waals surface area (Å²) < 4.78 is 42.5. The van der Waals surface area contributed by atoms with Crippen molar-refractivity contribution < 1.29 is 17.9 Å². The Morgan fingerprint density at radius 2 is 2.00 bits per heavy atom. The summed E-state index contributed by atoms with van der Waals surface area (Å²) in [6.07, 6.45) is -4.34. The van der Waals surface area contributed by atoms with Gasteiger partial charge in [0.15, 0.2) is 0 Å². The normalized spacial score (nSPS) is 13.6. The van der Waals surface area contributed by atoms with E-state index in [1.165, 1.54) is 13.2 Å². The van der Waals surface area contributed by atoms with Gasteiger partial charge in [-0.25, -0.2) is 0 Å². The molecule has 2 N–H and O–H groups in total. The maximum Gasteiger partial charge on any atom is 0.416 e. The summed E-state index contributed by atoms with van der Waals surface area (Å²) in [6, 6.07) is 3.42. The van der Waals surface area contributed by atoms with Crippen LogP contribution in [0.5, 0.6) is 5.75 Å². The zero-order valence-corrected chi connectivity index (χ0v) is 9.14. The maximum absolute atomic E-state index is 12.5. The highest BCUT2D eigenvalue weighted by atomic mass is 19.4. The molecule has 0 amide bonds. The Balaban J connectivity index is 3.21. The lowest BCUT2D eigenvalue weighted by Gasteiger charge is -2.16. The largest absolute Gasteiger partial charge is 0.496 e. The number of halogens is 3. The summed E-state index contributed by atoms with van der Waals surface area (Å²) in [4.78, 5) is 0. The third-order valence-corrected chi connectivity index (χ3v) is 2.44. The van der Waals surface area contributed by atoms with Gasteiger partial charge in [0.2, 0.25) is 0 Å². The molecule has 16 heavy (non-hydrogen) atoms. The van der Waals surface area contributed by atoms with Gasteiger partial charge in [-0.15, -0.1) is 0 Å². The predicted octanol–water partition coefficient (Wildman–Crippen LogP) is 2.78. The van der Waals surface area contributed by atoms with Crippen molar-refractivity contribution in [2.75, 3.05) is 13.7 Å². The fraction of sp³-hybridized carbons (Fsp3) is 0.455. The van der Waals surface area contributed by atoms with Crippen LogP contribution in [0.15, 0.2) is 18.2 Å². The summed E-state index contributed by atoms with van der Waals surface area (Å²) in [6.45, 7) is 2.04. The van der Waals surface area contributed by atoms with Gasteiger partial charge in [0.05, 0.1) is 12.7 Å². The fourth-order valence-electron chi connectivity index (χ4n) is 1.42. The Morgan fingerprint density at radius 3 is 2.44 bits per heavy atom. The van der Waals surface area contributed by atoms with Crippen molar-refractivity contribution >= 4 is 0 Å². The molecule has 0 heterocycles. The van der Waals surface area contributed by atoms with E-state index in [9.17, 15) is 13.2 Å². The summed E-state index contributed by atoms with van der Waals surface area (Å²) >= 11 is 0. The molecular formula is C11H14F3NO. The van der Waals surface area contributed by atoms with E-state index in [-0.39, 0.29) is 12.5 Å². The fourth-order valence-corrected chi connectivity index (χ4v) is 1.42. The van der Waals surface area contributed by atoms with Crippen LogP contribution < -0.4 is 10.5 Å². The SMILES string of the molecule is COc1ccc(C(F)(F)F)cc1C(C)CN. The molecule has 1 atom stereocenters. The first kappa shape index (κ1) is 12.8. The number of nitrogens with two attached hydrogens (primary N) is 1. The highest BCUT2D eigenvalue weighted by molar-refractivity contribution is 5.40. The van der Waals surface area contributed by atoms with Crippen LogP contribution in [0, 0.1) is 0 Å². The smallest absolute Gasteiger partial charge is 0.416 e. The lowest BCUT2D eigenvalue weighted by Crippen LogP contribution is -2.12. The number of rotatable bonds is 3. The molecule has 1 unspecified atom stereocenters. The maximum atomic E-state index is 12.5. The molecule has 0 radical (unpaired) electrons. The van der Waals surface area contributed by atoms with Crippen molar-refractivity contribution in [1.82, 2.24) is 0 Å². The standard InChI is InChI=1S/C11H14F3NO/c1-7(6-15)9-5-8(11(12,13)14)3-4-10(9)16-2/h3-5,7H,6,15H2,1-2H3. The molecule has 0 spiro atoms. The molecule has 0 bridgehead atoms. The minimum absolute atomic E-state index is 0.169. The van der Waals surface area contributed by atoms with Gasteiger partial charge in [-0.3, -0.25) is 0 Å². The van der Waals surface area contributed by atoms with E-state index in [0.717, 1.165) is 12.1 Å². The second-order valence-electron chi connectivity index (χ2n) is 3.59. The first-order valence-electron chi connectivity index (χ1n) is 4.85. The van der Waals surface area contributed by atoms with E-state index in [0.29, 0.717) is 11.3 Å². The van der Waals surface area contributed by atoms with Crippen LogP contribution in [0.3, 0.4) is 0 Å². The van der Waals surface area contributed by atoms with Crippen LogP contribution in [0.2, 0.25) is 0 Å². The van der Waals surface area contributed by atoms with E-state index in [1.807, 2.05) is 0 Å². The van der Waals surface area contributed by atoms with Gasteiger partial charge in [0, 0.05) is 0 Å². The van der Waals surface area contributed by atoms with E-state index in [4.69, 9.17) is 10.5 Å². The molecule has 90 valence electrons.